The van der Waals surface area contributed by atoms with Gasteiger partial charge in [0.1, 0.15) is 6.61 Å². The molecule has 35 heavy (non-hydrogen) atoms. The number of amides is 3. The molecule has 0 atom stereocenters. The average Bonchev–Trinajstić information content (AvgIpc) is 2.73. The molecule has 3 rings (SSSR count). The van der Waals surface area contributed by atoms with Gasteiger partial charge in [-0.25, -0.2) is 4.79 Å². The summed E-state index contributed by atoms with van der Waals surface area (Å²) in [5, 5.41) is 2.41. The van der Waals surface area contributed by atoms with E-state index in [9.17, 15) is 14.4 Å². The van der Waals surface area contributed by atoms with Crippen LogP contribution in [0.25, 0.3) is 11.5 Å². The first-order valence-corrected chi connectivity index (χ1v) is 11.9. The SMILES string of the molecule is CCC1(COC(=O)NC)COC1.CCC1(COC([NH-])=O)CCC1.CCC1(COC([NH-])=O)COC1.[Rh+2]. The molecule has 0 spiro atoms. The zero-order valence-electron chi connectivity index (χ0n) is 21.3. The molecule has 2 aliphatic heterocycles. The maximum atomic E-state index is 10.7. The van der Waals surface area contributed by atoms with Gasteiger partial charge >= 0.3 is 25.6 Å². The smallest absolute Gasteiger partial charge is 0.632 e. The third-order valence-electron chi connectivity index (χ3n) is 7.03. The Morgan fingerprint density at radius 3 is 1.34 bits per heavy atom. The van der Waals surface area contributed by atoms with Crippen molar-refractivity contribution in [2.24, 2.45) is 16.2 Å². The van der Waals surface area contributed by atoms with Gasteiger partial charge in [-0.2, -0.15) is 0 Å². The van der Waals surface area contributed by atoms with Crippen molar-refractivity contribution in [1.29, 1.82) is 0 Å². The van der Waals surface area contributed by atoms with Crippen LogP contribution >= 0.6 is 0 Å². The van der Waals surface area contributed by atoms with Crippen molar-refractivity contribution in [3.05, 3.63) is 11.5 Å². The molecule has 0 aromatic heterocycles. The minimum Gasteiger partial charge on any atom is -0.632 e. The Labute approximate surface area is 221 Å². The van der Waals surface area contributed by atoms with Crippen molar-refractivity contribution in [3.63, 3.8) is 0 Å². The third kappa shape index (κ3) is 11.3. The summed E-state index contributed by atoms with van der Waals surface area (Å²) in [6.45, 7) is 10.2. The van der Waals surface area contributed by atoms with Crippen molar-refractivity contribution in [2.45, 2.75) is 59.3 Å². The predicted octanol–water partition coefficient (Wildman–Crippen LogP) is 5.12. The van der Waals surface area contributed by atoms with Crippen LogP contribution in [0.2, 0.25) is 0 Å². The summed E-state index contributed by atoms with van der Waals surface area (Å²) >= 11 is 0. The van der Waals surface area contributed by atoms with E-state index in [1.165, 1.54) is 6.42 Å². The Morgan fingerprint density at radius 2 is 1.11 bits per heavy atom. The molecule has 0 unspecified atom stereocenters. The van der Waals surface area contributed by atoms with Crippen LogP contribution in [-0.2, 0) is 43.2 Å². The molecular weight excluding hydrogens is 549 g/mol. The molecule has 2 saturated heterocycles. The molecule has 11 nitrogen and oxygen atoms in total. The molecule has 3 fully saturated rings. The van der Waals surface area contributed by atoms with Crippen LogP contribution in [0, 0.1) is 16.2 Å². The fourth-order valence-electron chi connectivity index (χ4n) is 3.57. The van der Waals surface area contributed by atoms with Crippen LogP contribution in [0.5, 0.6) is 0 Å². The molecule has 3 amide bonds. The molecule has 1 radical (unpaired) electrons. The number of hydrogen-bond donors (Lipinski definition) is 1. The van der Waals surface area contributed by atoms with Crippen LogP contribution in [0.3, 0.4) is 0 Å². The number of ether oxygens (including phenoxy) is 5. The van der Waals surface area contributed by atoms with Crippen LogP contribution in [0.15, 0.2) is 0 Å². The van der Waals surface area contributed by atoms with Gasteiger partial charge in [0.05, 0.1) is 50.5 Å². The Kier molecular flexibility index (Phi) is 15.4. The second-order valence-electron chi connectivity index (χ2n) is 9.38. The summed E-state index contributed by atoms with van der Waals surface area (Å²) < 4.78 is 24.3. The average molecular weight is 591 g/mol. The van der Waals surface area contributed by atoms with Gasteiger partial charge in [0.2, 0.25) is 12.2 Å². The summed E-state index contributed by atoms with van der Waals surface area (Å²) in [7, 11) is 1.55. The molecule has 3 aliphatic rings. The second kappa shape index (κ2) is 16.2. The summed E-state index contributed by atoms with van der Waals surface area (Å²) in [5.74, 6) is 0. The van der Waals surface area contributed by atoms with Gasteiger partial charge < -0.3 is 40.5 Å². The van der Waals surface area contributed by atoms with Crippen molar-refractivity contribution in [2.75, 3.05) is 53.3 Å². The molecule has 3 N–H and O–H groups in total. The maximum absolute atomic E-state index is 10.7. The van der Waals surface area contributed by atoms with Gasteiger partial charge in [-0.15, -0.1) is 0 Å². The minimum atomic E-state index is -0.954. The van der Waals surface area contributed by atoms with E-state index in [-0.39, 0.29) is 41.8 Å². The van der Waals surface area contributed by atoms with Gasteiger partial charge in [0.15, 0.2) is 0 Å². The largest absolute Gasteiger partial charge is 2.00 e. The first kappa shape index (κ1) is 33.4. The van der Waals surface area contributed by atoms with Gasteiger partial charge in [-0.1, -0.05) is 27.2 Å². The molecule has 1 aliphatic carbocycles. The number of nitrogens with one attached hydrogen (secondary N) is 3. The zero-order valence-corrected chi connectivity index (χ0v) is 22.9. The van der Waals surface area contributed by atoms with Crippen LogP contribution in [0.4, 0.5) is 14.4 Å². The topological polar surface area (TPSA) is 157 Å². The molecule has 205 valence electrons. The van der Waals surface area contributed by atoms with Crippen molar-refractivity contribution < 1.29 is 57.5 Å². The first-order chi connectivity index (χ1) is 16.1. The number of hydrogen-bond acceptors (Lipinski definition) is 8. The monoisotopic (exact) mass is 590 g/mol. The second-order valence-corrected chi connectivity index (χ2v) is 9.38. The third-order valence-corrected chi connectivity index (χ3v) is 7.03. The van der Waals surface area contributed by atoms with Gasteiger partial charge in [-0.05, 0) is 32.1 Å². The Balaban J connectivity index is 0.000000489. The number of carbonyl (C=O) groups excluding carboxylic acids is 3. The van der Waals surface area contributed by atoms with E-state index in [0.29, 0.717) is 46.2 Å². The van der Waals surface area contributed by atoms with Crippen LogP contribution < -0.4 is 5.32 Å². The minimum absolute atomic E-state index is 0. The standard InChI is InChI=1S/C8H15NO3.C8H15NO2.C7H13NO3.Rh/c1-3-8(4-11-5-8)6-12-7(10)9-2;1-2-8(4-3-5-8)6-11-7(9)10;1-2-7(3-10-4-7)5-11-6(8)9;/h3-6H2,1-2H3,(H,9,10);2-6H2,1H3,(H2,9,10);2-5H2,1H3,(H2,8,9);/q;;;+2/p-2. The normalized spacial score (nSPS) is 19.5. The van der Waals surface area contributed by atoms with E-state index < -0.39 is 12.2 Å². The quantitative estimate of drug-likeness (QED) is 0.286. The van der Waals surface area contributed by atoms with Crippen molar-refractivity contribution >= 4 is 18.3 Å². The summed E-state index contributed by atoms with van der Waals surface area (Å²) in [6, 6.07) is 0. The molecule has 2 heterocycles. The summed E-state index contributed by atoms with van der Waals surface area (Å²) in [6.07, 6.45) is 4.30. The Hall–Kier alpha value is -1.65. The number of carbonyl (C=O) groups is 3. The van der Waals surface area contributed by atoms with E-state index in [0.717, 1.165) is 32.1 Å². The van der Waals surface area contributed by atoms with Crippen LogP contribution in [0.1, 0.15) is 59.3 Å². The molecule has 0 bridgehead atoms. The Bertz CT molecular complexity index is 600. The fraction of sp³-hybridized carbons (Fsp3) is 0.870. The zero-order chi connectivity index (χ0) is 25.7. The molecule has 0 aromatic rings. The van der Waals surface area contributed by atoms with E-state index in [1.807, 2.05) is 6.92 Å². The van der Waals surface area contributed by atoms with Gasteiger partial charge in [-0.3, -0.25) is 9.59 Å². The van der Waals surface area contributed by atoms with E-state index >= 15 is 0 Å². The molecule has 12 heteroatoms. The predicted molar refractivity (Wildman–Crippen MR) is 125 cm³/mol. The Morgan fingerprint density at radius 1 is 0.743 bits per heavy atom. The first-order valence-electron chi connectivity index (χ1n) is 11.9. The van der Waals surface area contributed by atoms with Gasteiger partial charge in [0.25, 0.3) is 0 Å². The van der Waals surface area contributed by atoms with E-state index in [2.05, 4.69) is 28.6 Å². The fourth-order valence-corrected chi connectivity index (χ4v) is 3.57. The van der Waals surface area contributed by atoms with E-state index in [4.69, 9.17) is 25.7 Å². The van der Waals surface area contributed by atoms with Crippen LogP contribution in [-0.4, -0.2) is 71.6 Å². The molecule has 1 saturated carbocycles. The van der Waals surface area contributed by atoms with Gasteiger partial charge in [0, 0.05) is 12.5 Å². The number of rotatable bonds is 9. The molecular formula is C23H41N3O8Rh. The summed E-state index contributed by atoms with van der Waals surface area (Å²) in [4.78, 5) is 31.1. The maximum Gasteiger partial charge on any atom is 2.00 e. The number of alkyl carbamates (subject to hydrolysis) is 1. The molecule has 0 aromatic carbocycles. The van der Waals surface area contributed by atoms with E-state index in [1.54, 1.807) is 7.05 Å². The van der Waals surface area contributed by atoms with Crippen molar-refractivity contribution in [1.82, 2.24) is 5.32 Å². The van der Waals surface area contributed by atoms with Crippen molar-refractivity contribution in [3.8, 4) is 0 Å². The summed E-state index contributed by atoms with van der Waals surface area (Å²) in [5.41, 5.74) is 13.4.